The second-order valence-corrected chi connectivity index (χ2v) is 4.75. The summed E-state index contributed by atoms with van der Waals surface area (Å²) in [7, 11) is 0. The first kappa shape index (κ1) is 12.4. The minimum absolute atomic E-state index is 0.120. The van der Waals surface area contributed by atoms with E-state index in [1.807, 2.05) is 6.92 Å². The predicted octanol–water partition coefficient (Wildman–Crippen LogP) is 2.85. The lowest BCUT2D eigenvalue weighted by atomic mass is 10.0. The first-order valence-electron chi connectivity index (χ1n) is 5.23. The number of benzene rings is 1. The molecule has 1 aromatic rings. The molecule has 5 heteroatoms. The quantitative estimate of drug-likeness (QED) is 0.812. The van der Waals surface area contributed by atoms with Gasteiger partial charge in [-0.05, 0) is 30.7 Å². The molecule has 1 aliphatic rings. The molecular weight excluding hydrogens is 259 g/mol. The van der Waals surface area contributed by atoms with Gasteiger partial charge in [0.1, 0.15) is 0 Å². The third kappa shape index (κ3) is 2.80. The van der Waals surface area contributed by atoms with Gasteiger partial charge in [-0.1, -0.05) is 23.2 Å². The molecular formula is C12H12Cl2N2O. The SMILES string of the molecule is CC(C(=O)Nc1ccc(Cl)cc1Cl)=C1CNC1. The highest BCUT2D eigenvalue weighted by atomic mass is 35.5. The van der Waals surface area contributed by atoms with Gasteiger partial charge in [-0.15, -0.1) is 0 Å². The van der Waals surface area contributed by atoms with Gasteiger partial charge in [0.15, 0.2) is 0 Å². The zero-order chi connectivity index (χ0) is 12.4. The fraction of sp³-hybridized carbons (Fsp3) is 0.250. The van der Waals surface area contributed by atoms with Crippen molar-refractivity contribution in [1.82, 2.24) is 5.32 Å². The fourth-order valence-electron chi connectivity index (χ4n) is 1.48. The van der Waals surface area contributed by atoms with Crippen LogP contribution in [0.3, 0.4) is 0 Å². The van der Waals surface area contributed by atoms with Crippen LogP contribution >= 0.6 is 23.2 Å². The minimum Gasteiger partial charge on any atom is -0.321 e. The molecule has 0 saturated carbocycles. The topological polar surface area (TPSA) is 41.1 Å². The van der Waals surface area contributed by atoms with Crippen LogP contribution in [-0.4, -0.2) is 19.0 Å². The average Bonchev–Trinajstić information content (AvgIpc) is 2.19. The standard InChI is InChI=1S/C12H12Cl2N2O/c1-7(8-5-15-6-8)12(17)16-11-3-2-9(13)4-10(11)14/h2-4,15H,5-6H2,1H3,(H,16,17). The minimum atomic E-state index is -0.120. The summed E-state index contributed by atoms with van der Waals surface area (Å²) in [5.74, 6) is -0.120. The first-order valence-corrected chi connectivity index (χ1v) is 5.99. The molecule has 1 saturated heterocycles. The fourth-order valence-corrected chi connectivity index (χ4v) is 1.94. The Bertz CT molecular complexity index is 491. The number of hydrogen-bond donors (Lipinski definition) is 2. The smallest absolute Gasteiger partial charge is 0.251 e. The van der Waals surface area contributed by atoms with Gasteiger partial charge in [0.2, 0.25) is 0 Å². The van der Waals surface area contributed by atoms with Gasteiger partial charge in [0.05, 0.1) is 10.7 Å². The Kier molecular flexibility index (Phi) is 3.72. The van der Waals surface area contributed by atoms with Crippen molar-refractivity contribution in [2.45, 2.75) is 6.92 Å². The van der Waals surface area contributed by atoms with Crippen LogP contribution in [0, 0.1) is 0 Å². The third-order valence-electron chi connectivity index (χ3n) is 2.73. The number of carbonyl (C=O) groups is 1. The molecule has 2 rings (SSSR count). The number of rotatable bonds is 2. The molecule has 2 N–H and O–H groups in total. The van der Waals surface area contributed by atoms with Crippen LogP contribution in [0.5, 0.6) is 0 Å². The van der Waals surface area contributed by atoms with E-state index in [-0.39, 0.29) is 5.91 Å². The van der Waals surface area contributed by atoms with E-state index in [9.17, 15) is 4.79 Å². The molecule has 3 nitrogen and oxygen atoms in total. The maximum Gasteiger partial charge on any atom is 0.251 e. The monoisotopic (exact) mass is 270 g/mol. The zero-order valence-corrected chi connectivity index (χ0v) is 10.8. The summed E-state index contributed by atoms with van der Waals surface area (Å²) in [4.78, 5) is 11.9. The van der Waals surface area contributed by atoms with Crippen LogP contribution in [0.15, 0.2) is 29.3 Å². The van der Waals surface area contributed by atoms with E-state index >= 15 is 0 Å². The maximum atomic E-state index is 11.9. The largest absolute Gasteiger partial charge is 0.321 e. The second-order valence-electron chi connectivity index (χ2n) is 3.91. The Morgan fingerprint density at radius 3 is 2.59 bits per heavy atom. The van der Waals surface area contributed by atoms with Crippen LogP contribution in [0.4, 0.5) is 5.69 Å². The molecule has 0 aromatic heterocycles. The van der Waals surface area contributed by atoms with E-state index < -0.39 is 0 Å². The summed E-state index contributed by atoms with van der Waals surface area (Å²) in [5.41, 5.74) is 2.45. The van der Waals surface area contributed by atoms with E-state index in [2.05, 4.69) is 10.6 Å². The molecule has 90 valence electrons. The molecule has 1 amide bonds. The molecule has 0 bridgehead atoms. The van der Waals surface area contributed by atoms with E-state index in [0.717, 1.165) is 24.2 Å². The molecule has 1 fully saturated rings. The van der Waals surface area contributed by atoms with Gasteiger partial charge in [0.25, 0.3) is 5.91 Å². The number of amides is 1. The number of halogens is 2. The van der Waals surface area contributed by atoms with E-state index in [1.165, 1.54) is 0 Å². The Balaban J connectivity index is 2.13. The van der Waals surface area contributed by atoms with Crippen molar-refractivity contribution in [3.05, 3.63) is 39.4 Å². The molecule has 1 aromatic carbocycles. The Morgan fingerprint density at radius 1 is 1.35 bits per heavy atom. The predicted molar refractivity (Wildman–Crippen MR) is 70.7 cm³/mol. The molecule has 17 heavy (non-hydrogen) atoms. The number of nitrogens with one attached hydrogen (secondary N) is 2. The van der Waals surface area contributed by atoms with Crippen molar-refractivity contribution in [2.75, 3.05) is 18.4 Å². The summed E-state index contributed by atoms with van der Waals surface area (Å²) < 4.78 is 0. The average molecular weight is 271 g/mol. The van der Waals surface area contributed by atoms with Gasteiger partial charge in [-0.3, -0.25) is 4.79 Å². The lowest BCUT2D eigenvalue weighted by Crippen LogP contribution is -2.36. The first-order chi connectivity index (χ1) is 8.08. The Hall–Kier alpha value is -1.03. The lowest BCUT2D eigenvalue weighted by molar-refractivity contribution is -0.112. The van der Waals surface area contributed by atoms with E-state index in [4.69, 9.17) is 23.2 Å². The molecule has 0 spiro atoms. The Labute approximate surface area is 110 Å². The Morgan fingerprint density at radius 2 is 2.06 bits per heavy atom. The van der Waals surface area contributed by atoms with Gasteiger partial charge in [-0.25, -0.2) is 0 Å². The molecule has 1 heterocycles. The van der Waals surface area contributed by atoms with Crippen molar-refractivity contribution in [3.8, 4) is 0 Å². The van der Waals surface area contributed by atoms with Gasteiger partial charge < -0.3 is 10.6 Å². The van der Waals surface area contributed by atoms with Crippen LogP contribution in [-0.2, 0) is 4.79 Å². The number of carbonyl (C=O) groups excluding carboxylic acids is 1. The molecule has 0 unspecified atom stereocenters. The second kappa shape index (κ2) is 5.08. The maximum absolute atomic E-state index is 11.9. The van der Waals surface area contributed by atoms with Crippen molar-refractivity contribution >= 4 is 34.8 Å². The lowest BCUT2D eigenvalue weighted by Gasteiger charge is -2.21. The summed E-state index contributed by atoms with van der Waals surface area (Å²) in [6.45, 7) is 3.39. The van der Waals surface area contributed by atoms with Crippen LogP contribution in [0.25, 0.3) is 0 Å². The molecule has 0 radical (unpaired) electrons. The van der Waals surface area contributed by atoms with E-state index in [0.29, 0.717) is 15.7 Å². The highest BCUT2D eigenvalue weighted by Gasteiger charge is 2.16. The summed E-state index contributed by atoms with van der Waals surface area (Å²) in [5, 5.41) is 6.86. The zero-order valence-electron chi connectivity index (χ0n) is 9.31. The van der Waals surface area contributed by atoms with Crippen molar-refractivity contribution < 1.29 is 4.79 Å². The van der Waals surface area contributed by atoms with Crippen LogP contribution in [0.2, 0.25) is 10.0 Å². The van der Waals surface area contributed by atoms with Gasteiger partial charge >= 0.3 is 0 Å². The number of anilines is 1. The molecule has 0 aliphatic carbocycles. The van der Waals surface area contributed by atoms with Crippen molar-refractivity contribution in [1.29, 1.82) is 0 Å². The molecule has 0 atom stereocenters. The van der Waals surface area contributed by atoms with Crippen molar-refractivity contribution in [3.63, 3.8) is 0 Å². The number of hydrogen-bond acceptors (Lipinski definition) is 2. The highest BCUT2D eigenvalue weighted by molar-refractivity contribution is 6.36. The van der Waals surface area contributed by atoms with Gasteiger partial charge in [-0.2, -0.15) is 0 Å². The van der Waals surface area contributed by atoms with E-state index in [1.54, 1.807) is 18.2 Å². The van der Waals surface area contributed by atoms with Crippen molar-refractivity contribution in [2.24, 2.45) is 0 Å². The van der Waals surface area contributed by atoms with Gasteiger partial charge in [0, 0.05) is 23.7 Å². The summed E-state index contributed by atoms with van der Waals surface area (Å²) in [6.07, 6.45) is 0. The van der Waals surface area contributed by atoms with Crippen LogP contribution < -0.4 is 10.6 Å². The normalized spacial score (nSPS) is 14.2. The van der Waals surface area contributed by atoms with Crippen LogP contribution in [0.1, 0.15) is 6.92 Å². The highest BCUT2D eigenvalue weighted by Crippen LogP contribution is 2.26. The summed E-state index contributed by atoms with van der Waals surface area (Å²) >= 11 is 11.8. The third-order valence-corrected chi connectivity index (χ3v) is 3.27. The summed E-state index contributed by atoms with van der Waals surface area (Å²) in [6, 6.07) is 4.99. The molecule has 1 aliphatic heterocycles.